The minimum atomic E-state index is -0.559. The molecular weight excluding hydrogens is 298 g/mol. The first-order valence-electron chi connectivity index (χ1n) is 7.93. The van der Waals surface area contributed by atoms with E-state index in [9.17, 15) is 4.79 Å². The van der Waals surface area contributed by atoms with Gasteiger partial charge in [0.1, 0.15) is 0 Å². The van der Waals surface area contributed by atoms with Gasteiger partial charge in [0.05, 0.1) is 5.54 Å². The predicted octanol–water partition coefficient (Wildman–Crippen LogP) is 1.93. The molecule has 122 valence electrons. The van der Waals surface area contributed by atoms with E-state index in [-0.39, 0.29) is 24.4 Å². The third-order valence-corrected chi connectivity index (χ3v) is 4.86. The van der Waals surface area contributed by atoms with E-state index >= 15 is 0 Å². The number of halogens is 1. The summed E-state index contributed by atoms with van der Waals surface area (Å²) >= 11 is 0. The SMILES string of the molecule is CC(NC(=O)C1(N)CC1)C1CCN(Cc2ccccc2)C1.Cl. The van der Waals surface area contributed by atoms with Gasteiger partial charge < -0.3 is 11.1 Å². The Kier molecular flexibility index (Phi) is 5.48. The maximum Gasteiger partial charge on any atom is 0.240 e. The minimum absolute atomic E-state index is 0. The Hall–Kier alpha value is -1.10. The largest absolute Gasteiger partial charge is 0.352 e. The van der Waals surface area contributed by atoms with Gasteiger partial charge >= 0.3 is 0 Å². The van der Waals surface area contributed by atoms with Crippen molar-refractivity contribution >= 4 is 18.3 Å². The second-order valence-electron chi connectivity index (χ2n) is 6.69. The summed E-state index contributed by atoms with van der Waals surface area (Å²) in [5.74, 6) is 0.566. The first-order valence-corrected chi connectivity index (χ1v) is 7.93. The van der Waals surface area contributed by atoms with Crippen molar-refractivity contribution in [2.24, 2.45) is 11.7 Å². The molecule has 0 bridgehead atoms. The Morgan fingerprint density at radius 3 is 2.73 bits per heavy atom. The monoisotopic (exact) mass is 323 g/mol. The summed E-state index contributed by atoms with van der Waals surface area (Å²) in [4.78, 5) is 14.5. The summed E-state index contributed by atoms with van der Waals surface area (Å²) in [6.07, 6.45) is 2.80. The lowest BCUT2D eigenvalue weighted by Gasteiger charge is -2.23. The lowest BCUT2D eigenvalue weighted by Crippen LogP contribution is -2.48. The quantitative estimate of drug-likeness (QED) is 0.870. The number of nitrogens with two attached hydrogens (primary N) is 1. The third-order valence-electron chi connectivity index (χ3n) is 4.86. The molecule has 3 N–H and O–H groups in total. The van der Waals surface area contributed by atoms with E-state index in [1.807, 2.05) is 0 Å². The average Bonchev–Trinajstić information content (AvgIpc) is 3.06. The lowest BCUT2D eigenvalue weighted by atomic mass is 10.00. The molecule has 1 heterocycles. The molecule has 5 heteroatoms. The molecule has 4 nitrogen and oxygen atoms in total. The molecule has 1 aromatic carbocycles. The smallest absolute Gasteiger partial charge is 0.240 e. The Bertz CT molecular complexity index is 504. The van der Waals surface area contributed by atoms with Crippen molar-refractivity contribution in [1.82, 2.24) is 10.2 Å². The van der Waals surface area contributed by atoms with Crippen molar-refractivity contribution in [3.63, 3.8) is 0 Å². The summed E-state index contributed by atoms with van der Waals surface area (Å²) in [5, 5.41) is 3.12. The molecule has 2 aliphatic rings. The van der Waals surface area contributed by atoms with Gasteiger partial charge in [0, 0.05) is 19.1 Å². The van der Waals surface area contributed by atoms with Crippen molar-refractivity contribution in [2.75, 3.05) is 13.1 Å². The molecule has 0 spiro atoms. The fraction of sp³-hybridized carbons (Fsp3) is 0.588. The van der Waals surface area contributed by atoms with Crippen LogP contribution in [0.3, 0.4) is 0 Å². The van der Waals surface area contributed by atoms with E-state index in [0.717, 1.165) is 38.9 Å². The zero-order valence-corrected chi connectivity index (χ0v) is 13.9. The predicted molar refractivity (Wildman–Crippen MR) is 90.8 cm³/mol. The van der Waals surface area contributed by atoms with E-state index in [1.54, 1.807) is 0 Å². The van der Waals surface area contributed by atoms with E-state index in [2.05, 4.69) is 47.5 Å². The van der Waals surface area contributed by atoms with E-state index in [1.165, 1.54) is 5.56 Å². The molecule has 1 amide bonds. The number of benzene rings is 1. The molecule has 1 saturated heterocycles. The Balaban J connectivity index is 0.00000176. The second-order valence-corrected chi connectivity index (χ2v) is 6.69. The number of nitrogens with one attached hydrogen (secondary N) is 1. The maximum absolute atomic E-state index is 12.0. The van der Waals surface area contributed by atoms with Gasteiger partial charge in [0.2, 0.25) is 5.91 Å². The topological polar surface area (TPSA) is 58.4 Å². The molecule has 1 aromatic rings. The summed E-state index contributed by atoms with van der Waals surface area (Å²) in [5.41, 5.74) is 6.74. The standard InChI is InChI=1S/C17H25N3O.ClH/c1-13(19-16(21)17(18)8-9-17)15-7-10-20(12-15)11-14-5-3-2-4-6-14;/h2-6,13,15H,7-12,18H2,1H3,(H,19,21);1H. The first-order chi connectivity index (χ1) is 10.1. The summed E-state index contributed by atoms with van der Waals surface area (Å²) in [7, 11) is 0. The van der Waals surface area contributed by atoms with Gasteiger partial charge in [0.25, 0.3) is 0 Å². The van der Waals surface area contributed by atoms with Crippen LogP contribution in [0, 0.1) is 5.92 Å². The Labute approximate surface area is 138 Å². The number of hydrogen-bond acceptors (Lipinski definition) is 3. The van der Waals surface area contributed by atoms with Crippen molar-refractivity contribution in [2.45, 2.75) is 44.3 Å². The van der Waals surface area contributed by atoms with Crippen LogP contribution in [-0.4, -0.2) is 35.5 Å². The maximum atomic E-state index is 12.0. The first kappa shape index (κ1) is 17.3. The van der Waals surface area contributed by atoms with Crippen LogP contribution in [0.15, 0.2) is 30.3 Å². The second kappa shape index (κ2) is 6.99. The van der Waals surface area contributed by atoms with Crippen LogP contribution < -0.4 is 11.1 Å². The Morgan fingerprint density at radius 1 is 1.41 bits per heavy atom. The molecule has 0 radical (unpaired) electrons. The zero-order chi connectivity index (χ0) is 14.9. The van der Waals surface area contributed by atoms with E-state index in [0.29, 0.717) is 5.92 Å². The van der Waals surface area contributed by atoms with Gasteiger partial charge in [-0.1, -0.05) is 30.3 Å². The van der Waals surface area contributed by atoms with Crippen LogP contribution >= 0.6 is 12.4 Å². The molecule has 0 aromatic heterocycles. The van der Waals surface area contributed by atoms with Gasteiger partial charge in [-0.15, -0.1) is 12.4 Å². The molecule has 1 aliphatic heterocycles. The number of hydrogen-bond donors (Lipinski definition) is 2. The highest BCUT2D eigenvalue weighted by Crippen LogP contribution is 2.32. The van der Waals surface area contributed by atoms with Crippen molar-refractivity contribution in [1.29, 1.82) is 0 Å². The van der Waals surface area contributed by atoms with Crippen molar-refractivity contribution < 1.29 is 4.79 Å². The lowest BCUT2D eigenvalue weighted by molar-refractivity contribution is -0.124. The minimum Gasteiger partial charge on any atom is -0.352 e. The van der Waals surface area contributed by atoms with Crippen molar-refractivity contribution in [3.8, 4) is 0 Å². The van der Waals surface area contributed by atoms with E-state index in [4.69, 9.17) is 5.73 Å². The molecule has 1 aliphatic carbocycles. The zero-order valence-electron chi connectivity index (χ0n) is 13.1. The fourth-order valence-corrected chi connectivity index (χ4v) is 3.09. The molecular formula is C17H26ClN3O. The number of carbonyl (C=O) groups excluding carboxylic acids is 1. The normalized spacial score (nSPS) is 24.4. The third kappa shape index (κ3) is 4.00. The highest BCUT2D eigenvalue weighted by atomic mass is 35.5. The summed E-state index contributed by atoms with van der Waals surface area (Å²) < 4.78 is 0. The molecule has 2 atom stereocenters. The van der Waals surface area contributed by atoms with Crippen molar-refractivity contribution in [3.05, 3.63) is 35.9 Å². The highest BCUT2D eigenvalue weighted by Gasteiger charge is 2.46. The van der Waals surface area contributed by atoms with Crippen LogP contribution in [0.1, 0.15) is 31.7 Å². The molecule has 2 unspecified atom stereocenters. The number of likely N-dealkylation sites (tertiary alicyclic amines) is 1. The van der Waals surface area contributed by atoms with Crippen LogP contribution in [0.25, 0.3) is 0 Å². The molecule has 3 rings (SSSR count). The highest BCUT2D eigenvalue weighted by molar-refractivity contribution is 5.89. The fourth-order valence-electron chi connectivity index (χ4n) is 3.09. The summed E-state index contributed by atoms with van der Waals surface area (Å²) in [6, 6.07) is 10.8. The number of amides is 1. The number of nitrogens with zero attached hydrogens (tertiary/aromatic N) is 1. The summed E-state index contributed by atoms with van der Waals surface area (Å²) in [6.45, 7) is 5.26. The van der Waals surface area contributed by atoms with Crippen LogP contribution in [0.5, 0.6) is 0 Å². The van der Waals surface area contributed by atoms with Crippen LogP contribution in [0.4, 0.5) is 0 Å². The van der Waals surface area contributed by atoms with Gasteiger partial charge in [-0.25, -0.2) is 0 Å². The Morgan fingerprint density at radius 2 is 2.09 bits per heavy atom. The van der Waals surface area contributed by atoms with Crippen LogP contribution in [-0.2, 0) is 11.3 Å². The van der Waals surface area contributed by atoms with Gasteiger partial charge in [-0.05, 0) is 44.2 Å². The van der Waals surface area contributed by atoms with E-state index < -0.39 is 5.54 Å². The number of carbonyl (C=O) groups is 1. The molecule has 2 fully saturated rings. The van der Waals surface area contributed by atoms with Crippen LogP contribution in [0.2, 0.25) is 0 Å². The molecule has 1 saturated carbocycles. The van der Waals surface area contributed by atoms with Gasteiger partial charge in [-0.2, -0.15) is 0 Å². The average molecular weight is 324 g/mol. The van der Waals surface area contributed by atoms with Gasteiger partial charge in [0.15, 0.2) is 0 Å². The molecule has 22 heavy (non-hydrogen) atoms. The van der Waals surface area contributed by atoms with Gasteiger partial charge in [-0.3, -0.25) is 9.69 Å². The number of rotatable bonds is 5.